The smallest absolute Gasteiger partial charge is 0.251 e. The van der Waals surface area contributed by atoms with Crippen LogP contribution in [0, 0.1) is 6.92 Å². The van der Waals surface area contributed by atoms with E-state index < -0.39 is 0 Å². The molecule has 1 amide bonds. The van der Waals surface area contributed by atoms with Gasteiger partial charge in [-0.25, -0.2) is 0 Å². The Hall–Kier alpha value is -2.13. The molecule has 26 heavy (non-hydrogen) atoms. The molecule has 0 aromatic heterocycles. The summed E-state index contributed by atoms with van der Waals surface area (Å²) in [5.74, 6) is 0.0761. The van der Waals surface area contributed by atoms with E-state index in [1.54, 1.807) is 0 Å². The molecule has 3 heteroatoms. The lowest BCUT2D eigenvalue weighted by Crippen LogP contribution is -2.50. The van der Waals surface area contributed by atoms with Gasteiger partial charge in [-0.3, -0.25) is 9.69 Å². The number of nitrogens with one attached hydrogen (secondary N) is 1. The second kappa shape index (κ2) is 7.63. The van der Waals surface area contributed by atoms with Crippen LogP contribution in [0.4, 0.5) is 0 Å². The molecule has 2 saturated heterocycles. The first kappa shape index (κ1) is 17.3. The number of benzene rings is 2. The summed E-state index contributed by atoms with van der Waals surface area (Å²) in [7, 11) is 0. The normalized spacial score (nSPS) is 25.2. The molecule has 2 bridgehead atoms. The minimum atomic E-state index is 0.0761. The third-order valence-corrected chi connectivity index (χ3v) is 6.03. The zero-order valence-electron chi connectivity index (χ0n) is 15.5. The predicted octanol–water partition coefficient (Wildman–Crippen LogP) is 3.96. The summed E-state index contributed by atoms with van der Waals surface area (Å²) in [6.45, 7) is 3.18. The summed E-state index contributed by atoms with van der Waals surface area (Å²) in [5, 5.41) is 3.28. The van der Waals surface area contributed by atoms with E-state index in [-0.39, 0.29) is 5.91 Å². The van der Waals surface area contributed by atoms with Gasteiger partial charge in [0.05, 0.1) is 0 Å². The molecule has 0 aliphatic carbocycles. The molecule has 0 saturated carbocycles. The van der Waals surface area contributed by atoms with Crippen molar-refractivity contribution >= 4 is 5.91 Å². The van der Waals surface area contributed by atoms with Crippen molar-refractivity contribution in [1.82, 2.24) is 10.2 Å². The molecular weight excluding hydrogens is 320 g/mol. The number of fused-ring (bicyclic) bond motifs is 2. The molecule has 1 N–H and O–H groups in total. The van der Waals surface area contributed by atoms with Gasteiger partial charge in [0.2, 0.25) is 0 Å². The van der Waals surface area contributed by atoms with Crippen molar-refractivity contribution < 1.29 is 4.79 Å². The summed E-state index contributed by atoms with van der Waals surface area (Å²) in [6.07, 6.45) is 5.84. The average molecular weight is 348 g/mol. The Morgan fingerprint density at radius 3 is 2.31 bits per heavy atom. The maximum Gasteiger partial charge on any atom is 0.251 e. The van der Waals surface area contributed by atoms with Gasteiger partial charge in [-0.05, 0) is 56.7 Å². The fraction of sp³-hybridized carbons (Fsp3) is 0.435. The molecule has 2 atom stereocenters. The SMILES string of the molecule is Cc1ccc(C(=O)NC2CC3CCC(C2)N3CCc2ccccc2)cc1. The number of rotatable bonds is 5. The molecule has 2 aliphatic rings. The number of amides is 1. The fourth-order valence-electron chi connectivity index (χ4n) is 4.63. The van der Waals surface area contributed by atoms with Crippen molar-refractivity contribution in [2.75, 3.05) is 6.54 Å². The van der Waals surface area contributed by atoms with Gasteiger partial charge in [0.1, 0.15) is 0 Å². The molecule has 3 nitrogen and oxygen atoms in total. The lowest BCUT2D eigenvalue weighted by Gasteiger charge is -2.39. The van der Waals surface area contributed by atoms with Gasteiger partial charge in [-0.15, -0.1) is 0 Å². The van der Waals surface area contributed by atoms with Crippen molar-refractivity contribution in [1.29, 1.82) is 0 Å². The quantitative estimate of drug-likeness (QED) is 0.887. The highest BCUT2D eigenvalue weighted by molar-refractivity contribution is 5.94. The Morgan fingerprint density at radius 2 is 1.65 bits per heavy atom. The molecule has 0 radical (unpaired) electrons. The van der Waals surface area contributed by atoms with E-state index in [0.717, 1.165) is 31.4 Å². The highest BCUT2D eigenvalue weighted by Crippen LogP contribution is 2.35. The van der Waals surface area contributed by atoms with E-state index in [9.17, 15) is 4.79 Å². The molecule has 2 fully saturated rings. The minimum absolute atomic E-state index is 0.0761. The van der Waals surface area contributed by atoms with Gasteiger partial charge in [0.15, 0.2) is 0 Å². The topological polar surface area (TPSA) is 32.3 Å². The van der Waals surface area contributed by atoms with Gasteiger partial charge in [0.25, 0.3) is 5.91 Å². The largest absolute Gasteiger partial charge is 0.349 e. The molecule has 0 spiro atoms. The third kappa shape index (κ3) is 3.83. The van der Waals surface area contributed by atoms with Crippen LogP contribution in [0.5, 0.6) is 0 Å². The lowest BCUT2D eigenvalue weighted by molar-refractivity contribution is 0.0848. The highest BCUT2D eigenvalue weighted by atomic mass is 16.1. The van der Waals surface area contributed by atoms with Gasteiger partial charge in [-0.1, -0.05) is 48.0 Å². The number of hydrogen-bond donors (Lipinski definition) is 1. The Labute approximate surface area is 156 Å². The van der Waals surface area contributed by atoms with E-state index in [1.165, 1.54) is 24.0 Å². The Balaban J connectivity index is 1.33. The van der Waals surface area contributed by atoms with E-state index >= 15 is 0 Å². The Morgan fingerprint density at radius 1 is 1.00 bits per heavy atom. The van der Waals surface area contributed by atoms with E-state index in [0.29, 0.717) is 18.1 Å². The van der Waals surface area contributed by atoms with Crippen LogP contribution < -0.4 is 5.32 Å². The highest BCUT2D eigenvalue weighted by Gasteiger charge is 2.40. The zero-order valence-corrected chi connectivity index (χ0v) is 15.5. The lowest BCUT2D eigenvalue weighted by atomic mass is 9.96. The van der Waals surface area contributed by atoms with Crippen molar-refractivity contribution in [3.63, 3.8) is 0 Å². The molecule has 2 aromatic carbocycles. The summed E-state index contributed by atoms with van der Waals surface area (Å²) in [5.41, 5.74) is 3.38. The Bertz CT molecular complexity index is 727. The maximum atomic E-state index is 12.5. The molecular formula is C23H28N2O. The van der Waals surface area contributed by atoms with Crippen molar-refractivity contribution in [3.05, 3.63) is 71.3 Å². The number of nitrogens with zero attached hydrogens (tertiary/aromatic N) is 1. The maximum absolute atomic E-state index is 12.5. The number of piperidine rings is 1. The molecule has 4 rings (SSSR count). The van der Waals surface area contributed by atoms with Crippen molar-refractivity contribution in [2.45, 2.75) is 57.2 Å². The first-order chi connectivity index (χ1) is 12.7. The van der Waals surface area contributed by atoms with Gasteiger partial charge < -0.3 is 5.32 Å². The van der Waals surface area contributed by atoms with E-state index in [1.807, 2.05) is 31.2 Å². The van der Waals surface area contributed by atoms with Crippen LogP contribution in [0.15, 0.2) is 54.6 Å². The van der Waals surface area contributed by atoms with Crippen LogP contribution in [-0.2, 0) is 6.42 Å². The van der Waals surface area contributed by atoms with Gasteiger partial charge in [-0.2, -0.15) is 0 Å². The monoisotopic (exact) mass is 348 g/mol. The second-order valence-electron chi connectivity index (χ2n) is 7.87. The molecule has 136 valence electrons. The Kier molecular flexibility index (Phi) is 5.07. The molecule has 2 aromatic rings. The number of carbonyl (C=O) groups is 1. The first-order valence-electron chi connectivity index (χ1n) is 9.86. The van der Waals surface area contributed by atoms with E-state index in [2.05, 4.69) is 40.5 Å². The number of carbonyl (C=O) groups excluding carboxylic acids is 1. The third-order valence-electron chi connectivity index (χ3n) is 6.03. The summed E-state index contributed by atoms with van der Waals surface area (Å²) in [4.78, 5) is 15.2. The standard InChI is InChI=1S/C23H28N2O/c1-17-7-9-19(10-8-17)23(26)24-20-15-21-11-12-22(16-20)25(21)14-13-18-5-3-2-4-6-18/h2-10,20-22H,11-16H2,1H3,(H,24,26). The van der Waals surface area contributed by atoms with Crippen LogP contribution in [-0.4, -0.2) is 35.5 Å². The van der Waals surface area contributed by atoms with Crippen LogP contribution in [0.1, 0.15) is 47.2 Å². The first-order valence-corrected chi connectivity index (χ1v) is 9.86. The summed E-state index contributed by atoms with van der Waals surface area (Å²) < 4.78 is 0. The van der Waals surface area contributed by atoms with Crippen LogP contribution in [0.25, 0.3) is 0 Å². The van der Waals surface area contributed by atoms with Crippen LogP contribution >= 0.6 is 0 Å². The molecule has 2 aliphatic heterocycles. The fourth-order valence-corrected chi connectivity index (χ4v) is 4.63. The average Bonchev–Trinajstić information content (AvgIpc) is 2.90. The van der Waals surface area contributed by atoms with E-state index in [4.69, 9.17) is 0 Å². The summed E-state index contributed by atoms with van der Waals surface area (Å²) >= 11 is 0. The van der Waals surface area contributed by atoms with Crippen molar-refractivity contribution in [3.8, 4) is 0 Å². The van der Waals surface area contributed by atoms with Gasteiger partial charge >= 0.3 is 0 Å². The molecule has 2 heterocycles. The zero-order chi connectivity index (χ0) is 17.9. The van der Waals surface area contributed by atoms with Gasteiger partial charge in [0, 0.05) is 30.2 Å². The van der Waals surface area contributed by atoms with Crippen LogP contribution in [0.3, 0.4) is 0 Å². The number of aryl methyl sites for hydroxylation is 1. The minimum Gasteiger partial charge on any atom is -0.349 e. The van der Waals surface area contributed by atoms with Crippen molar-refractivity contribution in [2.24, 2.45) is 0 Å². The predicted molar refractivity (Wildman–Crippen MR) is 105 cm³/mol. The summed E-state index contributed by atoms with van der Waals surface area (Å²) in [6, 6.07) is 20.2. The number of hydrogen-bond acceptors (Lipinski definition) is 2. The second-order valence-corrected chi connectivity index (χ2v) is 7.87. The van der Waals surface area contributed by atoms with Crippen LogP contribution in [0.2, 0.25) is 0 Å². The molecule has 2 unspecified atom stereocenters.